The highest BCUT2D eigenvalue weighted by molar-refractivity contribution is 7.80. The molecule has 0 bridgehead atoms. The van der Waals surface area contributed by atoms with Crippen LogP contribution in [0.4, 0.5) is 0 Å². The van der Waals surface area contributed by atoms with Crippen LogP contribution in [0.3, 0.4) is 0 Å². The Hall–Kier alpha value is -2.86. The third-order valence-corrected chi connectivity index (χ3v) is 5.34. The van der Waals surface area contributed by atoms with Gasteiger partial charge in [0, 0.05) is 17.7 Å². The lowest BCUT2D eigenvalue weighted by Gasteiger charge is -2.34. The molecule has 5 nitrogen and oxygen atoms in total. The van der Waals surface area contributed by atoms with Crippen molar-refractivity contribution >= 4 is 23.1 Å². The molecule has 1 heterocycles. The number of ether oxygens (including phenoxy) is 2. The van der Waals surface area contributed by atoms with E-state index in [0.717, 1.165) is 35.2 Å². The Morgan fingerprint density at radius 3 is 2.69 bits per heavy atom. The normalized spacial score (nSPS) is 18.6. The summed E-state index contributed by atoms with van der Waals surface area (Å²) in [6, 6.07) is 15.6. The Bertz CT molecular complexity index is 956. The van der Waals surface area contributed by atoms with Crippen LogP contribution in [0.1, 0.15) is 43.4 Å². The molecule has 6 heteroatoms. The van der Waals surface area contributed by atoms with Crippen LogP contribution in [0.5, 0.6) is 11.5 Å². The summed E-state index contributed by atoms with van der Waals surface area (Å²) in [6.45, 7) is 2.93. The van der Waals surface area contributed by atoms with Crippen LogP contribution in [0.15, 0.2) is 59.8 Å². The molecule has 0 saturated carbocycles. The Kier molecular flexibility index (Phi) is 5.81. The summed E-state index contributed by atoms with van der Waals surface area (Å²) >= 11 is 5.37. The summed E-state index contributed by atoms with van der Waals surface area (Å²) in [6.07, 6.45) is 2.27. The molecular formula is C23H24N2O3S. The van der Waals surface area contributed by atoms with Crippen LogP contribution in [0.25, 0.3) is 0 Å². The predicted molar refractivity (Wildman–Crippen MR) is 116 cm³/mol. The molecule has 150 valence electrons. The van der Waals surface area contributed by atoms with Crippen molar-refractivity contribution in [2.75, 3.05) is 6.61 Å². The summed E-state index contributed by atoms with van der Waals surface area (Å²) in [5.41, 5.74) is 3.75. The summed E-state index contributed by atoms with van der Waals surface area (Å²) in [7, 11) is 0. The smallest absolute Gasteiger partial charge is 0.171 e. The van der Waals surface area contributed by atoms with Crippen molar-refractivity contribution in [3.05, 3.63) is 70.9 Å². The minimum absolute atomic E-state index is 0.168. The second-order valence-electron chi connectivity index (χ2n) is 7.11. The van der Waals surface area contributed by atoms with Crippen LogP contribution in [-0.4, -0.2) is 17.5 Å². The van der Waals surface area contributed by atoms with Gasteiger partial charge in [-0.15, -0.1) is 0 Å². The van der Waals surface area contributed by atoms with Gasteiger partial charge < -0.3 is 20.1 Å². The lowest BCUT2D eigenvalue weighted by Crippen LogP contribution is -2.46. The fourth-order valence-corrected chi connectivity index (χ4v) is 4.02. The van der Waals surface area contributed by atoms with Crippen molar-refractivity contribution in [3.8, 4) is 11.5 Å². The molecular weight excluding hydrogens is 384 g/mol. The molecule has 0 aromatic heterocycles. The van der Waals surface area contributed by atoms with E-state index in [0.29, 0.717) is 36.2 Å². The molecule has 0 fully saturated rings. The second-order valence-corrected chi connectivity index (χ2v) is 7.52. The van der Waals surface area contributed by atoms with Crippen molar-refractivity contribution in [2.45, 2.75) is 38.8 Å². The van der Waals surface area contributed by atoms with Gasteiger partial charge in [0.1, 0.15) is 6.61 Å². The molecule has 1 unspecified atom stereocenters. The maximum absolute atomic E-state index is 12.6. The average molecular weight is 409 g/mol. The monoisotopic (exact) mass is 408 g/mol. The van der Waals surface area contributed by atoms with E-state index in [1.807, 2.05) is 55.5 Å². The first-order valence-corrected chi connectivity index (χ1v) is 10.3. The lowest BCUT2D eigenvalue weighted by atomic mass is 9.85. The number of ketones is 1. The molecule has 0 radical (unpaired) electrons. The van der Waals surface area contributed by atoms with Gasteiger partial charge in [0.05, 0.1) is 12.6 Å². The average Bonchev–Trinajstić information content (AvgIpc) is 2.73. The highest BCUT2D eigenvalue weighted by Gasteiger charge is 2.33. The number of hydrogen-bond donors (Lipinski definition) is 2. The van der Waals surface area contributed by atoms with Crippen LogP contribution >= 0.6 is 12.2 Å². The fourth-order valence-electron chi connectivity index (χ4n) is 3.78. The van der Waals surface area contributed by atoms with Gasteiger partial charge in [0.25, 0.3) is 0 Å². The first kappa shape index (κ1) is 19.5. The van der Waals surface area contributed by atoms with E-state index in [2.05, 4.69) is 10.6 Å². The third kappa shape index (κ3) is 4.27. The molecule has 4 rings (SSSR count). The van der Waals surface area contributed by atoms with Crippen LogP contribution in [-0.2, 0) is 11.4 Å². The largest absolute Gasteiger partial charge is 0.490 e. The zero-order valence-electron chi connectivity index (χ0n) is 16.4. The SMILES string of the molecule is CCOc1cc(C2NC(=S)NC3=C2C(=O)CCC3)ccc1OCc1ccccc1. The van der Waals surface area contributed by atoms with Gasteiger partial charge >= 0.3 is 0 Å². The zero-order chi connectivity index (χ0) is 20.2. The number of carbonyl (C=O) groups excluding carboxylic acids is 1. The van der Waals surface area contributed by atoms with Crippen molar-refractivity contribution in [2.24, 2.45) is 0 Å². The number of hydrogen-bond acceptors (Lipinski definition) is 4. The van der Waals surface area contributed by atoms with Crippen LogP contribution in [0.2, 0.25) is 0 Å². The summed E-state index contributed by atoms with van der Waals surface area (Å²) in [5, 5.41) is 6.96. The number of allylic oxidation sites excluding steroid dienone is 1. The van der Waals surface area contributed by atoms with Gasteiger partial charge in [-0.2, -0.15) is 0 Å². The van der Waals surface area contributed by atoms with E-state index >= 15 is 0 Å². The van der Waals surface area contributed by atoms with E-state index in [1.54, 1.807) is 0 Å². The van der Waals surface area contributed by atoms with Gasteiger partial charge in [-0.3, -0.25) is 4.79 Å². The third-order valence-electron chi connectivity index (χ3n) is 5.12. The molecule has 0 amide bonds. The van der Waals surface area contributed by atoms with Gasteiger partial charge in [-0.05, 0) is 55.2 Å². The summed E-state index contributed by atoms with van der Waals surface area (Å²) in [4.78, 5) is 12.6. The highest BCUT2D eigenvalue weighted by Crippen LogP contribution is 2.37. The van der Waals surface area contributed by atoms with E-state index in [1.165, 1.54) is 0 Å². The number of carbonyl (C=O) groups is 1. The van der Waals surface area contributed by atoms with Crippen molar-refractivity contribution in [1.82, 2.24) is 10.6 Å². The first-order chi connectivity index (χ1) is 14.2. The maximum Gasteiger partial charge on any atom is 0.171 e. The lowest BCUT2D eigenvalue weighted by molar-refractivity contribution is -0.116. The van der Waals surface area contributed by atoms with Gasteiger partial charge in [-0.25, -0.2) is 0 Å². The molecule has 0 spiro atoms. The standard InChI is InChI=1S/C23H24N2O3S/c1-2-27-20-13-16(11-12-19(20)28-14-15-7-4-3-5-8-15)22-21-17(24-23(29)25-22)9-6-10-18(21)26/h3-5,7-8,11-13,22H,2,6,9-10,14H2,1H3,(H2,24,25,29). The molecule has 0 saturated heterocycles. The maximum atomic E-state index is 12.6. The Balaban J connectivity index is 1.63. The first-order valence-electron chi connectivity index (χ1n) is 9.93. The van der Waals surface area contributed by atoms with Crippen LogP contribution in [0, 0.1) is 0 Å². The second kappa shape index (κ2) is 8.66. The van der Waals surface area contributed by atoms with Crippen molar-refractivity contribution < 1.29 is 14.3 Å². The van der Waals surface area contributed by atoms with E-state index < -0.39 is 0 Å². The van der Waals surface area contributed by atoms with E-state index in [4.69, 9.17) is 21.7 Å². The zero-order valence-corrected chi connectivity index (χ0v) is 17.2. The molecule has 2 aromatic carbocycles. The van der Waals surface area contributed by atoms with Gasteiger partial charge in [0.2, 0.25) is 0 Å². The molecule has 1 aliphatic heterocycles. The highest BCUT2D eigenvalue weighted by atomic mass is 32.1. The predicted octanol–water partition coefficient (Wildman–Crippen LogP) is 4.19. The van der Waals surface area contributed by atoms with Crippen molar-refractivity contribution in [1.29, 1.82) is 0 Å². The van der Waals surface area contributed by atoms with E-state index in [9.17, 15) is 4.79 Å². The molecule has 2 N–H and O–H groups in total. The number of thiocarbonyl (C=S) groups is 1. The number of rotatable bonds is 6. The fraction of sp³-hybridized carbons (Fsp3) is 0.304. The quantitative estimate of drug-likeness (QED) is 0.699. The molecule has 2 aliphatic rings. The minimum Gasteiger partial charge on any atom is -0.490 e. The van der Waals surface area contributed by atoms with Gasteiger partial charge in [0.15, 0.2) is 22.4 Å². The molecule has 1 atom stereocenters. The molecule has 29 heavy (non-hydrogen) atoms. The topological polar surface area (TPSA) is 59.6 Å². The molecule has 1 aliphatic carbocycles. The van der Waals surface area contributed by atoms with E-state index in [-0.39, 0.29) is 11.8 Å². The van der Waals surface area contributed by atoms with Gasteiger partial charge in [-0.1, -0.05) is 36.4 Å². The number of nitrogens with one attached hydrogen (secondary N) is 2. The minimum atomic E-state index is -0.270. The number of benzene rings is 2. The Morgan fingerprint density at radius 1 is 1.07 bits per heavy atom. The Labute approximate surface area is 176 Å². The summed E-state index contributed by atoms with van der Waals surface area (Å²) < 4.78 is 11.8. The number of Topliss-reactive ketones (excluding diaryl/α,β-unsaturated/α-hetero) is 1. The van der Waals surface area contributed by atoms with Crippen LogP contribution < -0.4 is 20.1 Å². The summed E-state index contributed by atoms with van der Waals surface area (Å²) in [5.74, 6) is 1.51. The van der Waals surface area contributed by atoms with Crippen molar-refractivity contribution in [3.63, 3.8) is 0 Å². The Morgan fingerprint density at radius 2 is 1.90 bits per heavy atom. The molecule has 2 aromatic rings.